The molecule has 0 N–H and O–H groups in total. The minimum Gasteiger partial charge on any atom is -0.422 e. The van der Waals surface area contributed by atoms with Gasteiger partial charge >= 0.3 is 5.97 Å². The van der Waals surface area contributed by atoms with E-state index in [2.05, 4.69) is 0 Å². The van der Waals surface area contributed by atoms with Crippen LogP contribution in [0.1, 0.15) is 31.8 Å². The monoisotopic (exact) mass is 585 g/mol. The predicted octanol–water partition coefficient (Wildman–Crippen LogP) is 7.86. The Balaban J connectivity index is 1.51. The summed E-state index contributed by atoms with van der Waals surface area (Å²) in [6.45, 7) is 3.82. The zero-order valence-electron chi connectivity index (χ0n) is 23.5. The number of nitrogens with zero attached hydrogens (tertiary/aromatic N) is 1. The van der Waals surface area contributed by atoms with Gasteiger partial charge in [0.25, 0.3) is 15.9 Å². The molecule has 6 aromatic carbocycles. The summed E-state index contributed by atoms with van der Waals surface area (Å²) in [5.74, 6) is -1.01. The molecule has 0 fully saturated rings. The fraction of sp³-hybridized carbons (Fsp3) is 0.0556. The molecule has 0 radical (unpaired) electrons. The van der Waals surface area contributed by atoms with Gasteiger partial charge in [-0.05, 0) is 73.2 Å². The maximum atomic E-state index is 14.4. The van der Waals surface area contributed by atoms with Crippen molar-refractivity contribution in [3.8, 4) is 5.75 Å². The van der Waals surface area contributed by atoms with E-state index in [4.69, 9.17) is 4.74 Å². The second kappa shape index (κ2) is 11.2. The lowest BCUT2D eigenvalue weighted by molar-refractivity contribution is 0.0736. The Hall–Kier alpha value is -5.27. The van der Waals surface area contributed by atoms with E-state index in [9.17, 15) is 18.0 Å². The Morgan fingerprint density at radius 2 is 1.19 bits per heavy atom. The second-order valence-electron chi connectivity index (χ2n) is 10.3. The van der Waals surface area contributed by atoms with E-state index in [0.29, 0.717) is 16.3 Å². The maximum absolute atomic E-state index is 14.4. The number of ether oxygens (including phenoxy) is 1. The third-order valence-corrected chi connectivity index (χ3v) is 9.00. The largest absolute Gasteiger partial charge is 0.422 e. The molecule has 0 aromatic heterocycles. The Bertz CT molecular complexity index is 2120. The molecule has 0 unspecified atom stereocenters. The number of fused-ring (bicyclic) bond motifs is 2. The summed E-state index contributed by atoms with van der Waals surface area (Å²) in [6.07, 6.45) is 0. The summed E-state index contributed by atoms with van der Waals surface area (Å²) in [6, 6.07) is 36.0. The molecule has 0 saturated carbocycles. The van der Waals surface area contributed by atoms with Crippen LogP contribution in [0.15, 0.2) is 132 Å². The molecule has 0 bridgehead atoms. The van der Waals surface area contributed by atoms with Crippen molar-refractivity contribution in [2.24, 2.45) is 0 Å². The van der Waals surface area contributed by atoms with Crippen LogP contribution in [-0.4, -0.2) is 20.3 Å². The zero-order chi connectivity index (χ0) is 30.1. The number of carbonyl (C=O) groups is 2. The summed E-state index contributed by atoms with van der Waals surface area (Å²) in [7, 11) is -4.40. The first-order valence-electron chi connectivity index (χ1n) is 13.7. The van der Waals surface area contributed by atoms with Crippen LogP contribution in [0.3, 0.4) is 0 Å². The van der Waals surface area contributed by atoms with E-state index in [-0.39, 0.29) is 21.9 Å². The number of hydrogen-bond acceptors (Lipinski definition) is 5. The normalized spacial score (nSPS) is 11.4. The summed E-state index contributed by atoms with van der Waals surface area (Å²) in [4.78, 5) is 27.1. The van der Waals surface area contributed by atoms with Crippen LogP contribution in [-0.2, 0) is 10.0 Å². The molecule has 43 heavy (non-hydrogen) atoms. The summed E-state index contributed by atoms with van der Waals surface area (Å²) in [5.41, 5.74) is 2.69. The fourth-order valence-corrected chi connectivity index (χ4v) is 6.43. The highest BCUT2D eigenvalue weighted by atomic mass is 32.2. The molecular weight excluding hydrogens is 558 g/mol. The van der Waals surface area contributed by atoms with Crippen molar-refractivity contribution in [1.29, 1.82) is 0 Å². The van der Waals surface area contributed by atoms with Crippen molar-refractivity contribution in [2.75, 3.05) is 4.31 Å². The third kappa shape index (κ3) is 5.38. The van der Waals surface area contributed by atoms with E-state index >= 15 is 0 Å². The van der Waals surface area contributed by atoms with Crippen LogP contribution < -0.4 is 9.04 Å². The summed E-state index contributed by atoms with van der Waals surface area (Å²) < 4.78 is 35.4. The number of sulfonamides is 1. The van der Waals surface area contributed by atoms with Gasteiger partial charge < -0.3 is 4.74 Å². The molecule has 0 atom stereocenters. The molecule has 6 rings (SSSR count). The molecule has 0 aliphatic heterocycles. The lowest BCUT2D eigenvalue weighted by Crippen LogP contribution is -2.37. The number of benzene rings is 6. The first-order chi connectivity index (χ1) is 20.7. The number of esters is 1. The lowest BCUT2D eigenvalue weighted by Gasteiger charge is -2.25. The number of carbonyl (C=O) groups excluding carboxylic acids is 2. The Morgan fingerprint density at radius 3 is 1.86 bits per heavy atom. The van der Waals surface area contributed by atoms with Gasteiger partial charge in [0.05, 0.1) is 16.1 Å². The van der Waals surface area contributed by atoms with Crippen molar-refractivity contribution >= 4 is 49.1 Å². The van der Waals surface area contributed by atoms with Gasteiger partial charge in [-0.1, -0.05) is 90.0 Å². The lowest BCUT2D eigenvalue weighted by atomic mass is 10.1. The highest BCUT2D eigenvalue weighted by Gasteiger charge is 2.33. The number of rotatable bonds is 6. The molecule has 0 aliphatic carbocycles. The third-order valence-electron chi connectivity index (χ3n) is 7.31. The Labute approximate surface area is 249 Å². The van der Waals surface area contributed by atoms with Crippen LogP contribution in [0.25, 0.3) is 21.5 Å². The molecule has 0 heterocycles. The quantitative estimate of drug-likeness (QED) is 0.147. The van der Waals surface area contributed by atoms with Crippen molar-refractivity contribution < 1.29 is 22.7 Å². The van der Waals surface area contributed by atoms with E-state index in [1.807, 2.05) is 50.2 Å². The van der Waals surface area contributed by atoms with Crippen LogP contribution in [0, 0.1) is 13.8 Å². The van der Waals surface area contributed by atoms with Crippen molar-refractivity contribution in [1.82, 2.24) is 0 Å². The van der Waals surface area contributed by atoms with Crippen LogP contribution in [0.2, 0.25) is 0 Å². The molecule has 212 valence electrons. The van der Waals surface area contributed by atoms with Crippen LogP contribution in [0.4, 0.5) is 5.69 Å². The van der Waals surface area contributed by atoms with Gasteiger partial charge in [0.1, 0.15) is 5.75 Å². The molecule has 1 amide bonds. The SMILES string of the molecule is Cc1ccc(C(=O)Oc2ccc(N(C(=O)c3ccc(C)cc3)S(=O)(=O)c3ccc4ccccc4c3)c3ccccc23)cc1. The topological polar surface area (TPSA) is 80.8 Å². The molecule has 7 heteroatoms. The fourth-order valence-electron chi connectivity index (χ4n) is 4.96. The Morgan fingerprint density at radius 1 is 0.605 bits per heavy atom. The highest BCUT2D eigenvalue weighted by Crippen LogP contribution is 2.38. The van der Waals surface area contributed by atoms with E-state index in [1.165, 1.54) is 18.2 Å². The van der Waals surface area contributed by atoms with E-state index in [0.717, 1.165) is 26.2 Å². The minimum absolute atomic E-state index is 0.0226. The number of hydrogen-bond donors (Lipinski definition) is 0. The second-order valence-corrected chi connectivity index (χ2v) is 12.1. The first kappa shape index (κ1) is 27.9. The van der Waals surface area contributed by atoms with Crippen molar-refractivity contribution in [3.05, 3.63) is 150 Å². The summed E-state index contributed by atoms with van der Waals surface area (Å²) in [5, 5.41) is 2.52. The number of aryl methyl sites for hydroxylation is 2. The van der Waals surface area contributed by atoms with E-state index < -0.39 is 21.9 Å². The number of anilines is 1. The van der Waals surface area contributed by atoms with Crippen LogP contribution >= 0.6 is 0 Å². The standard InChI is InChI=1S/C36H27NO5S/c1-24-11-15-27(16-12-24)35(38)37(43(40,41)30-20-19-26-7-3-4-8-29(26)23-30)33-21-22-34(32-10-6-5-9-31(32)33)42-36(39)28-17-13-25(2)14-18-28/h3-23H,1-2H3. The van der Waals surface area contributed by atoms with Crippen LogP contribution in [0.5, 0.6) is 5.75 Å². The Kier molecular flexibility index (Phi) is 7.26. The van der Waals surface area contributed by atoms with Crippen molar-refractivity contribution in [3.63, 3.8) is 0 Å². The zero-order valence-corrected chi connectivity index (χ0v) is 24.3. The number of amides is 1. The molecule has 6 aromatic rings. The predicted molar refractivity (Wildman–Crippen MR) is 169 cm³/mol. The van der Waals surface area contributed by atoms with Gasteiger partial charge in [-0.25, -0.2) is 13.2 Å². The molecule has 0 spiro atoms. The van der Waals surface area contributed by atoms with Crippen molar-refractivity contribution in [2.45, 2.75) is 18.7 Å². The molecular formula is C36H27NO5S. The van der Waals surface area contributed by atoms with Gasteiger partial charge in [0.15, 0.2) is 0 Å². The van der Waals surface area contributed by atoms with Gasteiger partial charge in [-0.15, -0.1) is 0 Å². The minimum atomic E-state index is -4.40. The molecule has 6 nitrogen and oxygen atoms in total. The average molecular weight is 586 g/mol. The highest BCUT2D eigenvalue weighted by molar-refractivity contribution is 7.93. The maximum Gasteiger partial charge on any atom is 0.343 e. The van der Waals surface area contributed by atoms with Gasteiger partial charge in [0, 0.05) is 16.3 Å². The van der Waals surface area contributed by atoms with Gasteiger partial charge in [0.2, 0.25) is 0 Å². The molecule has 0 aliphatic rings. The van der Waals surface area contributed by atoms with Gasteiger partial charge in [-0.2, -0.15) is 4.31 Å². The smallest absolute Gasteiger partial charge is 0.343 e. The van der Waals surface area contributed by atoms with E-state index in [1.54, 1.807) is 72.8 Å². The molecule has 0 saturated heterocycles. The summed E-state index contributed by atoms with van der Waals surface area (Å²) >= 11 is 0. The average Bonchev–Trinajstić information content (AvgIpc) is 3.02. The first-order valence-corrected chi connectivity index (χ1v) is 15.1. The van der Waals surface area contributed by atoms with Gasteiger partial charge in [-0.3, -0.25) is 4.79 Å².